The van der Waals surface area contributed by atoms with Gasteiger partial charge in [-0.3, -0.25) is 4.79 Å². The van der Waals surface area contributed by atoms with Crippen LogP contribution in [0.4, 0.5) is 0 Å². The van der Waals surface area contributed by atoms with Gasteiger partial charge in [0.15, 0.2) is 5.78 Å². The Hall–Kier alpha value is -1.15. The monoisotopic (exact) mass is 202 g/mol. The number of Topliss-reactive ketones (excluding diaryl/α,β-unsaturated/α-hetero) is 1. The number of rotatable bonds is 1. The number of fused-ring (bicyclic) bond motifs is 2. The van der Waals surface area contributed by atoms with E-state index in [4.69, 9.17) is 0 Å². The van der Waals surface area contributed by atoms with Gasteiger partial charge < -0.3 is 5.11 Å². The summed E-state index contributed by atoms with van der Waals surface area (Å²) in [6.45, 7) is 0. The molecule has 0 aliphatic heterocycles. The van der Waals surface area contributed by atoms with Gasteiger partial charge in [0.25, 0.3) is 0 Å². The maximum Gasteiger partial charge on any atom is 0.172 e. The minimum Gasteiger partial charge on any atom is -0.382 e. The fourth-order valence-electron chi connectivity index (χ4n) is 3.16. The van der Waals surface area contributed by atoms with Gasteiger partial charge in [0.2, 0.25) is 0 Å². The lowest BCUT2D eigenvalue weighted by atomic mass is 9.81. The molecule has 0 heterocycles. The molecule has 2 nitrogen and oxygen atoms in total. The van der Waals surface area contributed by atoms with Crippen molar-refractivity contribution in [2.24, 2.45) is 5.92 Å². The summed E-state index contributed by atoms with van der Waals surface area (Å²) in [6.07, 6.45) is 2.33. The third-order valence-electron chi connectivity index (χ3n) is 3.90. The van der Waals surface area contributed by atoms with E-state index in [9.17, 15) is 9.90 Å². The number of ketones is 1. The summed E-state index contributed by atoms with van der Waals surface area (Å²) in [5, 5.41) is 10.1. The summed E-state index contributed by atoms with van der Waals surface area (Å²) in [4.78, 5) is 12.0. The Kier molecular flexibility index (Phi) is 1.77. The standard InChI is InChI=1S/C13H14O2/c14-12-11(9-4-2-1-3-5-9)10-6-7-13(12,15)8-10/h1-5,10-11,15H,6-8H2. The van der Waals surface area contributed by atoms with E-state index in [0.29, 0.717) is 18.8 Å². The minimum atomic E-state index is -0.995. The Morgan fingerprint density at radius 1 is 1.27 bits per heavy atom. The molecule has 3 atom stereocenters. The highest BCUT2D eigenvalue weighted by atomic mass is 16.3. The Morgan fingerprint density at radius 2 is 2.00 bits per heavy atom. The molecule has 0 amide bonds. The number of hydrogen-bond donors (Lipinski definition) is 1. The lowest BCUT2D eigenvalue weighted by Gasteiger charge is -2.24. The number of benzene rings is 1. The van der Waals surface area contributed by atoms with Crippen LogP contribution in [0.15, 0.2) is 30.3 Å². The van der Waals surface area contributed by atoms with Gasteiger partial charge in [0.1, 0.15) is 5.60 Å². The van der Waals surface area contributed by atoms with Crippen LogP contribution < -0.4 is 0 Å². The van der Waals surface area contributed by atoms with E-state index in [1.165, 1.54) is 0 Å². The molecule has 2 bridgehead atoms. The maximum absolute atomic E-state index is 12.0. The predicted octanol–water partition coefficient (Wildman–Crippen LogP) is 1.88. The fraction of sp³-hybridized carbons (Fsp3) is 0.462. The van der Waals surface area contributed by atoms with Crippen LogP contribution in [0.2, 0.25) is 0 Å². The quantitative estimate of drug-likeness (QED) is 0.755. The zero-order valence-electron chi connectivity index (χ0n) is 8.52. The number of aliphatic hydroxyl groups is 1. The molecule has 78 valence electrons. The summed E-state index contributed by atoms with van der Waals surface area (Å²) in [6, 6.07) is 9.85. The van der Waals surface area contributed by atoms with Crippen LogP contribution in [0.1, 0.15) is 30.7 Å². The number of carbonyl (C=O) groups is 1. The van der Waals surface area contributed by atoms with Crippen LogP contribution in [0.3, 0.4) is 0 Å². The summed E-state index contributed by atoms with van der Waals surface area (Å²) in [5.41, 5.74) is 0.0775. The highest BCUT2D eigenvalue weighted by Gasteiger charge is 2.56. The molecule has 2 fully saturated rings. The number of hydrogen-bond acceptors (Lipinski definition) is 2. The molecule has 2 saturated carbocycles. The van der Waals surface area contributed by atoms with E-state index in [-0.39, 0.29) is 11.7 Å². The van der Waals surface area contributed by atoms with Crippen LogP contribution >= 0.6 is 0 Å². The molecule has 15 heavy (non-hydrogen) atoms. The summed E-state index contributed by atoms with van der Waals surface area (Å²) in [7, 11) is 0. The molecular formula is C13H14O2. The van der Waals surface area contributed by atoms with Crippen LogP contribution in [0, 0.1) is 5.92 Å². The molecule has 2 aliphatic carbocycles. The van der Waals surface area contributed by atoms with Gasteiger partial charge >= 0.3 is 0 Å². The third kappa shape index (κ3) is 1.18. The van der Waals surface area contributed by atoms with Gasteiger partial charge in [0, 0.05) is 5.92 Å². The van der Waals surface area contributed by atoms with Crippen molar-refractivity contribution in [1.82, 2.24) is 0 Å². The molecule has 3 unspecified atom stereocenters. The largest absolute Gasteiger partial charge is 0.382 e. The highest BCUT2D eigenvalue weighted by molar-refractivity contribution is 5.96. The van der Waals surface area contributed by atoms with Crippen molar-refractivity contribution in [3.8, 4) is 0 Å². The van der Waals surface area contributed by atoms with E-state index in [1.807, 2.05) is 30.3 Å². The third-order valence-corrected chi connectivity index (χ3v) is 3.90. The predicted molar refractivity (Wildman–Crippen MR) is 56.5 cm³/mol. The molecule has 2 aliphatic rings. The topological polar surface area (TPSA) is 37.3 Å². The van der Waals surface area contributed by atoms with Crippen molar-refractivity contribution in [1.29, 1.82) is 0 Å². The van der Waals surface area contributed by atoms with Crippen molar-refractivity contribution in [3.63, 3.8) is 0 Å². The van der Waals surface area contributed by atoms with Crippen molar-refractivity contribution < 1.29 is 9.90 Å². The molecule has 0 aromatic heterocycles. The van der Waals surface area contributed by atoms with Crippen LogP contribution in [-0.2, 0) is 4.79 Å². The smallest absolute Gasteiger partial charge is 0.172 e. The molecule has 1 aromatic rings. The van der Waals surface area contributed by atoms with E-state index in [0.717, 1.165) is 12.0 Å². The van der Waals surface area contributed by atoms with Crippen molar-refractivity contribution in [2.75, 3.05) is 0 Å². The molecule has 0 saturated heterocycles. The van der Waals surface area contributed by atoms with E-state index in [2.05, 4.69) is 0 Å². The zero-order valence-corrected chi connectivity index (χ0v) is 8.52. The summed E-state index contributed by atoms with van der Waals surface area (Å²) >= 11 is 0. The minimum absolute atomic E-state index is 0.0463. The van der Waals surface area contributed by atoms with Gasteiger partial charge in [-0.25, -0.2) is 0 Å². The molecule has 0 spiro atoms. The Bertz CT molecular complexity index is 398. The average molecular weight is 202 g/mol. The Balaban J connectivity index is 2.00. The van der Waals surface area contributed by atoms with Gasteiger partial charge in [-0.05, 0) is 30.7 Å². The molecule has 1 aromatic carbocycles. The first-order valence-electron chi connectivity index (χ1n) is 5.52. The first-order chi connectivity index (χ1) is 7.21. The van der Waals surface area contributed by atoms with E-state index in [1.54, 1.807) is 0 Å². The van der Waals surface area contributed by atoms with Crippen LogP contribution in [-0.4, -0.2) is 16.5 Å². The second-order valence-corrected chi connectivity index (χ2v) is 4.79. The molecule has 2 heteroatoms. The maximum atomic E-state index is 12.0. The lowest BCUT2D eigenvalue weighted by Crippen LogP contribution is -2.35. The second kappa shape index (κ2) is 2.92. The SMILES string of the molecule is O=C1C(c2ccccc2)C2CCC1(O)C2. The van der Waals surface area contributed by atoms with Crippen molar-refractivity contribution >= 4 is 5.78 Å². The molecule has 0 radical (unpaired) electrons. The Morgan fingerprint density at radius 3 is 2.60 bits per heavy atom. The summed E-state index contributed by atoms with van der Waals surface area (Å²) < 4.78 is 0. The molecule has 3 rings (SSSR count). The second-order valence-electron chi connectivity index (χ2n) is 4.79. The fourth-order valence-corrected chi connectivity index (χ4v) is 3.16. The normalized spacial score (nSPS) is 38.6. The number of carbonyl (C=O) groups excluding carboxylic acids is 1. The summed E-state index contributed by atoms with van der Waals surface area (Å²) in [5.74, 6) is 0.361. The van der Waals surface area contributed by atoms with Crippen LogP contribution in [0.25, 0.3) is 0 Å². The molecular weight excluding hydrogens is 188 g/mol. The highest BCUT2D eigenvalue weighted by Crippen LogP contribution is 2.52. The zero-order chi connectivity index (χ0) is 10.5. The van der Waals surface area contributed by atoms with E-state index >= 15 is 0 Å². The van der Waals surface area contributed by atoms with Gasteiger partial charge in [-0.1, -0.05) is 30.3 Å². The molecule has 1 N–H and O–H groups in total. The lowest BCUT2D eigenvalue weighted by molar-refractivity contribution is -0.135. The first-order valence-corrected chi connectivity index (χ1v) is 5.52. The van der Waals surface area contributed by atoms with Gasteiger partial charge in [-0.2, -0.15) is 0 Å². The van der Waals surface area contributed by atoms with Crippen molar-refractivity contribution in [2.45, 2.75) is 30.8 Å². The van der Waals surface area contributed by atoms with Crippen molar-refractivity contribution in [3.05, 3.63) is 35.9 Å². The van der Waals surface area contributed by atoms with E-state index < -0.39 is 5.60 Å². The Labute approximate surface area is 88.9 Å². The van der Waals surface area contributed by atoms with Gasteiger partial charge in [-0.15, -0.1) is 0 Å². The van der Waals surface area contributed by atoms with Gasteiger partial charge in [0.05, 0.1) is 0 Å². The first kappa shape index (κ1) is 9.10. The van der Waals surface area contributed by atoms with Crippen LogP contribution in [0.5, 0.6) is 0 Å². The average Bonchev–Trinajstić information content (AvgIpc) is 2.73.